The first kappa shape index (κ1) is 22.4. The third kappa shape index (κ3) is 6.95. The fraction of sp³-hybridized carbons (Fsp3) is 0.571. The quantitative estimate of drug-likeness (QED) is 0.234. The summed E-state index contributed by atoms with van der Waals surface area (Å²) >= 11 is 3.73. The summed E-state index contributed by atoms with van der Waals surface area (Å²) < 4.78 is 5.27. The largest absolute Gasteiger partial charge is 0.481 e. The monoisotopic (exact) mass is 407 g/mol. The topological polar surface area (TPSA) is 83.9 Å². The summed E-state index contributed by atoms with van der Waals surface area (Å²) in [5.74, 6) is -0.617. The molecule has 1 atom stereocenters. The first-order chi connectivity index (χ1) is 13.4. The van der Waals surface area contributed by atoms with Gasteiger partial charge in [0.2, 0.25) is 0 Å². The zero-order valence-corrected chi connectivity index (χ0v) is 17.0. The third-order valence-electron chi connectivity index (χ3n) is 5.41. The molecule has 1 aliphatic heterocycles. The van der Waals surface area contributed by atoms with Gasteiger partial charge in [0.15, 0.2) is 5.78 Å². The van der Waals surface area contributed by atoms with Crippen molar-refractivity contribution in [2.75, 3.05) is 19.7 Å². The van der Waals surface area contributed by atoms with Crippen LogP contribution in [0.15, 0.2) is 36.0 Å². The van der Waals surface area contributed by atoms with Crippen molar-refractivity contribution in [3.05, 3.63) is 36.0 Å². The lowest BCUT2D eigenvalue weighted by Gasteiger charge is -2.38. The van der Waals surface area contributed by atoms with Gasteiger partial charge in [-0.2, -0.15) is 0 Å². The van der Waals surface area contributed by atoms with Gasteiger partial charge in [0.05, 0.1) is 5.54 Å². The van der Waals surface area contributed by atoms with Crippen molar-refractivity contribution in [3.63, 3.8) is 0 Å². The maximum absolute atomic E-state index is 12.1. The minimum absolute atomic E-state index is 0.159. The molecule has 7 heteroatoms. The molecule has 1 N–H and O–H groups in total. The lowest BCUT2D eigenvalue weighted by Crippen LogP contribution is -2.48. The van der Waals surface area contributed by atoms with Gasteiger partial charge >= 0.3 is 11.3 Å². The Morgan fingerprint density at radius 3 is 2.89 bits per heavy atom. The summed E-state index contributed by atoms with van der Waals surface area (Å²) in [5.41, 5.74) is 0.529. The van der Waals surface area contributed by atoms with Gasteiger partial charge in [-0.3, -0.25) is 14.5 Å². The van der Waals surface area contributed by atoms with Gasteiger partial charge in [-0.25, -0.2) is 4.79 Å². The molecule has 2 rings (SSSR count). The average Bonchev–Trinajstić information content (AvgIpc) is 3.05. The number of nitrogens with zero attached hydrogens (tertiary/aromatic N) is 1. The second-order valence-corrected chi connectivity index (χ2v) is 7.70. The Kier molecular flexibility index (Phi) is 8.99. The predicted molar refractivity (Wildman–Crippen MR) is 111 cm³/mol. The first-order valence-corrected chi connectivity index (χ1v) is 10.2. The third-order valence-corrected chi connectivity index (χ3v) is 5.54. The van der Waals surface area contributed by atoms with Crippen LogP contribution >= 0.6 is 12.6 Å². The number of unbranched alkanes of at least 4 members (excludes halogenated alkanes) is 1. The van der Waals surface area contributed by atoms with Crippen molar-refractivity contribution in [2.24, 2.45) is 0 Å². The highest BCUT2D eigenvalue weighted by Crippen LogP contribution is 2.35. The number of rotatable bonds is 11. The number of carboxylic acids is 1. The fourth-order valence-corrected chi connectivity index (χ4v) is 3.92. The van der Waals surface area contributed by atoms with E-state index in [-0.39, 0.29) is 24.3 Å². The first-order valence-electron chi connectivity index (χ1n) is 9.79. The van der Waals surface area contributed by atoms with E-state index < -0.39 is 11.3 Å². The van der Waals surface area contributed by atoms with Gasteiger partial charge < -0.3 is 9.84 Å². The van der Waals surface area contributed by atoms with Gasteiger partial charge in [-0.05, 0) is 50.6 Å². The maximum atomic E-state index is 12.1. The van der Waals surface area contributed by atoms with E-state index in [4.69, 9.17) is 9.84 Å². The van der Waals surface area contributed by atoms with Gasteiger partial charge in [-0.15, -0.1) is 0 Å². The van der Waals surface area contributed by atoms with Crippen molar-refractivity contribution in [1.29, 1.82) is 0 Å². The number of carboxylic acid groups (broad SMARTS) is 1. The molecular weight excluding hydrogens is 378 g/mol. The molecule has 0 unspecified atom stereocenters. The van der Waals surface area contributed by atoms with E-state index in [0.717, 1.165) is 37.8 Å². The second-order valence-electron chi connectivity index (χ2n) is 7.33. The molecule has 1 saturated heterocycles. The van der Waals surface area contributed by atoms with Crippen LogP contribution in [0.4, 0.5) is 4.79 Å². The summed E-state index contributed by atoms with van der Waals surface area (Å²) in [5, 5.41) is 8.10. The molecule has 0 radical (unpaired) electrons. The smallest absolute Gasteiger partial charge is 0.364 e. The number of carbonyl (C=O) groups is 3. The maximum Gasteiger partial charge on any atom is 0.364 e. The average molecular weight is 408 g/mol. The fourth-order valence-electron chi connectivity index (χ4n) is 3.86. The molecule has 1 fully saturated rings. The van der Waals surface area contributed by atoms with Crippen LogP contribution in [0.2, 0.25) is 0 Å². The van der Waals surface area contributed by atoms with Crippen LogP contribution < -0.4 is 0 Å². The van der Waals surface area contributed by atoms with E-state index in [1.807, 2.05) is 24.3 Å². The lowest BCUT2D eigenvalue weighted by atomic mass is 9.87. The Labute approximate surface area is 171 Å². The van der Waals surface area contributed by atoms with Crippen LogP contribution in [0.5, 0.6) is 0 Å². The molecule has 2 aliphatic rings. The number of thiol groups is 1. The van der Waals surface area contributed by atoms with E-state index >= 15 is 0 Å². The zero-order valence-electron chi connectivity index (χ0n) is 16.1. The van der Waals surface area contributed by atoms with Gasteiger partial charge in [0.1, 0.15) is 6.61 Å². The molecular formula is C21H29NO5S. The van der Waals surface area contributed by atoms with E-state index in [0.29, 0.717) is 25.8 Å². The van der Waals surface area contributed by atoms with Crippen LogP contribution in [-0.4, -0.2) is 52.3 Å². The second kappa shape index (κ2) is 11.2. The number of ether oxygens (including phenoxy) is 1. The lowest BCUT2D eigenvalue weighted by molar-refractivity contribution is -0.137. The van der Waals surface area contributed by atoms with Crippen LogP contribution in [0.25, 0.3) is 0 Å². The van der Waals surface area contributed by atoms with Crippen molar-refractivity contribution < 1.29 is 24.2 Å². The minimum Gasteiger partial charge on any atom is -0.481 e. The van der Waals surface area contributed by atoms with Crippen molar-refractivity contribution in [1.82, 2.24) is 4.90 Å². The number of Topliss-reactive ketones (excluding diaryl/α,β-unsaturated/α-hetero) is 1. The summed E-state index contributed by atoms with van der Waals surface area (Å²) in [4.78, 5) is 36.2. The van der Waals surface area contributed by atoms with Crippen molar-refractivity contribution >= 4 is 29.7 Å². The Balaban J connectivity index is 1.98. The van der Waals surface area contributed by atoms with E-state index in [9.17, 15) is 14.4 Å². The molecule has 0 saturated carbocycles. The highest BCUT2D eigenvalue weighted by atomic mass is 32.1. The molecule has 0 aromatic heterocycles. The Morgan fingerprint density at radius 1 is 1.36 bits per heavy atom. The van der Waals surface area contributed by atoms with Crippen LogP contribution in [-0.2, 0) is 14.3 Å². The standard InChI is InChI=1S/C21H29NO5S/c23-18-9-5-4-8-17(18)11-13-21(16-27-20(26)28)12-7-15-22(21)14-6-2-1-3-10-19(24)25/h2,4-6,8H,1,3,7,9-16H2,(H,24,25)(H,26,28)/b6-2+/t21-/m0/s1. The molecule has 0 spiro atoms. The van der Waals surface area contributed by atoms with Gasteiger partial charge in [0, 0.05) is 19.4 Å². The van der Waals surface area contributed by atoms with E-state index in [2.05, 4.69) is 23.6 Å². The molecule has 0 aromatic rings. The van der Waals surface area contributed by atoms with Gasteiger partial charge in [0.25, 0.3) is 0 Å². The highest BCUT2D eigenvalue weighted by Gasteiger charge is 2.41. The molecule has 1 aliphatic carbocycles. The number of likely N-dealkylation sites (tertiary alicyclic amines) is 1. The molecule has 0 bridgehead atoms. The summed E-state index contributed by atoms with van der Waals surface area (Å²) in [7, 11) is 0. The zero-order chi connectivity index (χ0) is 20.4. The normalized spacial score (nSPS) is 22.6. The van der Waals surface area contributed by atoms with E-state index in [1.165, 1.54) is 0 Å². The van der Waals surface area contributed by atoms with Crippen molar-refractivity contribution in [2.45, 2.75) is 56.9 Å². The molecule has 154 valence electrons. The van der Waals surface area contributed by atoms with Crippen LogP contribution in [0.3, 0.4) is 0 Å². The van der Waals surface area contributed by atoms with Crippen LogP contribution in [0, 0.1) is 0 Å². The molecule has 0 aromatic carbocycles. The van der Waals surface area contributed by atoms with Crippen molar-refractivity contribution in [3.8, 4) is 0 Å². The number of carbonyl (C=O) groups excluding carboxylic acids is 2. The summed E-state index contributed by atoms with van der Waals surface area (Å²) in [6, 6.07) is 0. The molecule has 6 nitrogen and oxygen atoms in total. The predicted octanol–water partition coefficient (Wildman–Crippen LogP) is 3.93. The van der Waals surface area contributed by atoms with E-state index in [1.54, 1.807) is 0 Å². The molecule has 0 amide bonds. The Hall–Kier alpha value is -1.86. The minimum atomic E-state index is -0.776. The summed E-state index contributed by atoms with van der Waals surface area (Å²) in [6.07, 6.45) is 15.0. The Bertz CT molecular complexity index is 670. The Morgan fingerprint density at radius 2 is 2.18 bits per heavy atom. The number of hydrogen-bond acceptors (Lipinski definition) is 5. The number of ketones is 1. The molecule has 28 heavy (non-hydrogen) atoms. The van der Waals surface area contributed by atoms with Crippen LogP contribution in [0.1, 0.15) is 51.4 Å². The van der Waals surface area contributed by atoms with Gasteiger partial charge in [-0.1, -0.05) is 43.0 Å². The molecule has 1 heterocycles. The highest BCUT2D eigenvalue weighted by molar-refractivity contribution is 7.96. The number of aliphatic carboxylic acids is 1. The summed E-state index contributed by atoms with van der Waals surface area (Å²) in [6.45, 7) is 1.88. The number of hydrogen-bond donors (Lipinski definition) is 2. The number of allylic oxidation sites excluding steroid dienone is 5. The SMILES string of the molecule is O=C(O)CCC/C=C/CN1CCC[C@]1(CCC1=CC=CCC1=O)COC(=O)S.